The number of nitrogens with one attached hydrogen (secondary N) is 1. The van der Waals surface area contributed by atoms with E-state index < -0.39 is 5.54 Å². The lowest BCUT2D eigenvalue weighted by Crippen LogP contribution is -2.65. The molecule has 0 unspecified atom stereocenters. The van der Waals surface area contributed by atoms with E-state index in [0.717, 1.165) is 31.2 Å². The summed E-state index contributed by atoms with van der Waals surface area (Å²) in [6, 6.07) is 8.17. The molecule has 2 aliphatic rings. The number of carbonyl (C=O) groups excluding carboxylic acids is 2. The molecule has 1 aliphatic carbocycles. The maximum Gasteiger partial charge on any atom is 0.246 e. The van der Waals surface area contributed by atoms with Gasteiger partial charge in [0.25, 0.3) is 0 Å². The third-order valence-corrected chi connectivity index (χ3v) is 4.53. The smallest absolute Gasteiger partial charge is 0.246 e. The lowest BCUT2D eigenvalue weighted by molar-refractivity contribution is -0.154. The van der Waals surface area contributed by atoms with Gasteiger partial charge in [0.15, 0.2) is 0 Å². The molecule has 4 heteroatoms. The molecule has 4 nitrogen and oxygen atoms in total. The van der Waals surface area contributed by atoms with Gasteiger partial charge in [-0.2, -0.15) is 0 Å². The number of rotatable bonds is 2. The summed E-state index contributed by atoms with van der Waals surface area (Å²) in [5.74, 6) is 0.0637. The molecule has 0 aromatic heterocycles. The molecule has 1 aliphatic heterocycles. The summed E-state index contributed by atoms with van der Waals surface area (Å²) in [6.07, 6.45) is 3.61. The van der Waals surface area contributed by atoms with Crippen molar-refractivity contribution >= 4 is 11.8 Å². The Labute approximate surface area is 119 Å². The predicted molar refractivity (Wildman–Crippen MR) is 75.9 cm³/mol. The molecule has 1 aromatic carbocycles. The second kappa shape index (κ2) is 4.93. The first-order valence-corrected chi connectivity index (χ1v) is 7.26. The van der Waals surface area contributed by atoms with Crippen LogP contribution in [0.5, 0.6) is 0 Å². The lowest BCUT2D eigenvalue weighted by Gasteiger charge is -2.43. The molecule has 2 amide bonds. The van der Waals surface area contributed by atoms with Crippen LogP contribution in [0.2, 0.25) is 0 Å². The van der Waals surface area contributed by atoms with Crippen LogP contribution < -0.4 is 5.32 Å². The van der Waals surface area contributed by atoms with Crippen molar-refractivity contribution in [3.05, 3.63) is 35.4 Å². The maximum atomic E-state index is 12.3. The van der Waals surface area contributed by atoms with E-state index in [1.54, 1.807) is 0 Å². The Balaban J connectivity index is 1.89. The van der Waals surface area contributed by atoms with Gasteiger partial charge in [-0.1, -0.05) is 42.7 Å². The highest BCUT2D eigenvalue weighted by Crippen LogP contribution is 2.38. The highest BCUT2D eigenvalue weighted by atomic mass is 16.2. The van der Waals surface area contributed by atoms with Crippen LogP contribution in [0.1, 0.15) is 36.8 Å². The molecular weight excluding hydrogens is 252 g/mol. The molecule has 1 saturated carbocycles. The minimum atomic E-state index is -0.597. The summed E-state index contributed by atoms with van der Waals surface area (Å²) in [6.45, 7) is 2.71. The summed E-state index contributed by atoms with van der Waals surface area (Å²) in [5, 5.41) is 2.76. The molecule has 20 heavy (non-hydrogen) atoms. The van der Waals surface area contributed by atoms with Crippen molar-refractivity contribution in [2.45, 2.75) is 44.7 Å². The Kier molecular flexibility index (Phi) is 3.24. The zero-order valence-electron chi connectivity index (χ0n) is 11.8. The van der Waals surface area contributed by atoms with Crippen LogP contribution in [-0.4, -0.2) is 28.8 Å². The Bertz CT molecular complexity index is 530. The Hall–Kier alpha value is -1.84. The second-order valence-electron chi connectivity index (χ2n) is 5.89. The van der Waals surface area contributed by atoms with Crippen LogP contribution in [0.4, 0.5) is 0 Å². The van der Waals surface area contributed by atoms with Gasteiger partial charge < -0.3 is 10.2 Å². The largest absolute Gasteiger partial charge is 0.345 e. The third-order valence-electron chi connectivity index (χ3n) is 4.53. The average molecular weight is 272 g/mol. The third kappa shape index (κ3) is 2.09. The lowest BCUT2D eigenvalue weighted by atomic mass is 9.90. The molecule has 106 valence electrons. The maximum absolute atomic E-state index is 12.3. The first-order valence-electron chi connectivity index (χ1n) is 7.26. The van der Waals surface area contributed by atoms with Crippen molar-refractivity contribution in [1.82, 2.24) is 10.2 Å². The Morgan fingerprint density at radius 1 is 1.15 bits per heavy atom. The van der Waals surface area contributed by atoms with Crippen LogP contribution in [0.3, 0.4) is 0 Å². The van der Waals surface area contributed by atoms with Crippen molar-refractivity contribution in [2.75, 3.05) is 6.54 Å². The summed E-state index contributed by atoms with van der Waals surface area (Å²) in [5.41, 5.74) is 1.69. The van der Waals surface area contributed by atoms with Gasteiger partial charge in [-0.05, 0) is 25.3 Å². The summed E-state index contributed by atoms with van der Waals surface area (Å²) in [7, 11) is 0. The zero-order valence-corrected chi connectivity index (χ0v) is 11.8. The van der Waals surface area contributed by atoms with Gasteiger partial charge >= 0.3 is 0 Å². The second-order valence-corrected chi connectivity index (χ2v) is 5.89. The minimum absolute atomic E-state index is 0.0294. The number of hydrogen-bond acceptors (Lipinski definition) is 2. The number of benzene rings is 1. The van der Waals surface area contributed by atoms with Gasteiger partial charge in [0, 0.05) is 6.54 Å². The SMILES string of the molecule is Cc1ccc(CN2C(=O)CNC(=O)C23CCCC3)cc1. The number of amides is 2. The van der Waals surface area contributed by atoms with Crippen LogP contribution in [-0.2, 0) is 16.1 Å². The van der Waals surface area contributed by atoms with Crippen LogP contribution in [0, 0.1) is 6.92 Å². The topological polar surface area (TPSA) is 49.4 Å². The summed E-state index contributed by atoms with van der Waals surface area (Å²) >= 11 is 0. The molecule has 0 radical (unpaired) electrons. The van der Waals surface area contributed by atoms with E-state index in [4.69, 9.17) is 0 Å². The van der Waals surface area contributed by atoms with E-state index in [0.29, 0.717) is 6.54 Å². The van der Waals surface area contributed by atoms with E-state index in [2.05, 4.69) is 5.32 Å². The molecule has 1 spiro atoms. The number of piperazine rings is 1. The molecule has 0 atom stereocenters. The van der Waals surface area contributed by atoms with Crippen molar-refractivity contribution in [2.24, 2.45) is 0 Å². The van der Waals surface area contributed by atoms with E-state index in [-0.39, 0.29) is 18.4 Å². The first-order chi connectivity index (χ1) is 9.62. The number of hydrogen-bond donors (Lipinski definition) is 1. The fourth-order valence-corrected chi connectivity index (χ4v) is 3.35. The van der Waals surface area contributed by atoms with Gasteiger partial charge in [-0.25, -0.2) is 0 Å². The molecule has 0 bridgehead atoms. The molecule has 1 N–H and O–H groups in total. The molecule has 1 aromatic rings. The van der Waals surface area contributed by atoms with Crippen molar-refractivity contribution in [3.63, 3.8) is 0 Å². The van der Waals surface area contributed by atoms with Gasteiger partial charge in [-0.15, -0.1) is 0 Å². The van der Waals surface area contributed by atoms with E-state index in [1.807, 2.05) is 36.1 Å². The zero-order chi connectivity index (χ0) is 14.2. The molecule has 2 fully saturated rings. The fourth-order valence-electron chi connectivity index (χ4n) is 3.35. The predicted octanol–water partition coefficient (Wildman–Crippen LogP) is 1.77. The van der Waals surface area contributed by atoms with E-state index in [9.17, 15) is 9.59 Å². The van der Waals surface area contributed by atoms with Crippen molar-refractivity contribution < 1.29 is 9.59 Å². The normalized spacial score (nSPS) is 21.4. The van der Waals surface area contributed by atoms with Crippen LogP contribution in [0.25, 0.3) is 0 Å². The summed E-state index contributed by atoms with van der Waals surface area (Å²) < 4.78 is 0. The van der Waals surface area contributed by atoms with Crippen LogP contribution >= 0.6 is 0 Å². The van der Waals surface area contributed by atoms with E-state index in [1.165, 1.54) is 5.56 Å². The van der Waals surface area contributed by atoms with Gasteiger partial charge in [-0.3, -0.25) is 9.59 Å². The van der Waals surface area contributed by atoms with Gasteiger partial charge in [0.05, 0.1) is 6.54 Å². The molecule has 1 heterocycles. The minimum Gasteiger partial charge on any atom is -0.345 e. The molecular formula is C16H20N2O2. The van der Waals surface area contributed by atoms with Gasteiger partial charge in [0.1, 0.15) is 5.54 Å². The Morgan fingerprint density at radius 3 is 2.45 bits per heavy atom. The standard InChI is InChI=1S/C16H20N2O2/c1-12-4-6-13(7-5-12)11-18-14(19)10-17-15(20)16(18)8-2-3-9-16/h4-7H,2-3,8-11H2,1H3,(H,17,20). The molecule has 3 rings (SSSR count). The van der Waals surface area contributed by atoms with E-state index >= 15 is 0 Å². The number of carbonyl (C=O) groups is 2. The highest BCUT2D eigenvalue weighted by molar-refractivity contribution is 5.98. The molecule has 1 saturated heterocycles. The fraction of sp³-hybridized carbons (Fsp3) is 0.500. The average Bonchev–Trinajstić information content (AvgIpc) is 2.92. The summed E-state index contributed by atoms with van der Waals surface area (Å²) in [4.78, 5) is 26.4. The monoisotopic (exact) mass is 272 g/mol. The van der Waals surface area contributed by atoms with Crippen LogP contribution in [0.15, 0.2) is 24.3 Å². The quantitative estimate of drug-likeness (QED) is 0.892. The highest BCUT2D eigenvalue weighted by Gasteiger charge is 2.50. The first kappa shape index (κ1) is 13.2. The van der Waals surface area contributed by atoms with Crippen molar-refractivity contribution in [1.29, 1.82) is 0 Å². The van der Waals surface area contributed by atoms with Crippen molar-refractivity contribution in [3.8, 4) is 0 Å². The number of aryl methyl sites for hydroxylation is 1. The van der Waals surface area contributed by atoms with Gasteiger partial charge in [0.2, 0.25) is 11.8 Å². The Morgan fingerprint density at radius 2 is 1.80 bits per heavy atom. The number of nitrogens with zero attached hydrogens (tertiary/aromatic N) is 1.